The van der Waals surface area contributed by atoms with E-state index < -0.39 is 11.6 Å². The average Bonchev–Trinajstić information content (AvgIpc) is 3.18. The predicted molar refractivity (Wildman–Crippen MR) is 119 cm³/mol. The molecule has 0 aliphatic heterocycles. The topological polar surface area (TPSA) is 98.5 Å². The molecule has 2 aromatic carbocycles. The monoisotopic (exact) mass is 437 g/mol. The molecule has 0 radical (unpaired) electrons. The lowest BCUT2D eigenvalue weighted by molar-refractivity contribution is 0.477. The number of anilines is 1. The Morgan fingerprint density at radius 1 is 1.03 bits per heavy atom. The Balaban J connectivity index is 0.000000858. The lowest BCUT2D eigenvalue weighted by atomic mass is 10.1. The first-order chi connectivity index (χ1) is 15.0. The van der Waals surface area contributed by atoms with Crippen LogP contribution in [0.1, 0.15) is 36.7 Å². The summed E-state index contributed by atoms with van der Waals surface area (Å²) in [6.45, 7) is 6.73. The number of fused-ring (bicyclic) bond motifs is 1. The summed E-state index contributed by atoms with van der Waals surface area (Å²) in [6.07, 6.45) is 1.87. The number of aryl methyl sites for hydroxylation is 1. The number of aromatic nitrogens is 4. The summed E-state index contributed by atoms with van der Waals surface area (Å²) in [5, 5.41) is 7.87. The van der Waals surface area contributed by atoms with E-state index in [2.05, 4.69) is 34.2 Å². The zero-order chi connectivity index (χ0) is 22.2. The summed E-state index contributed by atoms with van der Waals surface area (Å²) in [5.41, 5.74) is 2.99. The molecule has 4 rings (SSSR count). The highest BCUT2D eigenvalue weighted by molar-refractivity contribution is 7.51. The van der Waals surface area contributed by atoms with Gasteiger partial charge >= 0.3 is 11.6 Å². The Hall–Kier alpha value is -3.59. The fraction of sp³-hybridized carbons (Fsp3) is 0.227. The molecule has 0 saturated heterocycles. The zero-order valence-electron chi connectivity index (χ0n) is 17.5. The quantitative estimate of drug-likeness (QED) is 0.480. The third kappa shape index (κ3) is 5.52. The van der Waals surface area contributed by atoms with Crippen LogP contribution in [0.3, 0.4) is 0 Å². The third-order valence-electron chi connectivity index (χ3n) is 4.51. The van der Waals surface area contributed by atoms with Crippen LogP contribution < -0.4 is 10.1 Å². The van der Waals surface area contributed by atoms with Crippen molar-refractivity contribution in [3.05, 3.63) is 77.7 Å². The van der Waals surface area contributed by atoms with Crippen LogP contribution in [0.2, 0.25) is 0 Å². The number of nitrogens with zero attached hydrogens (tertiary/aromatic N) is 4. The Morgan fingerprint density at radius 3 is 2.42 bits per heavy atom. The van der Waals surface area contributed by atoms with Crippen LogP contribution in [0.15, 0.2) is 60.8 Å². The first-order valence-corrected chi connectivity index (χ1v) is 10.4. The minimum Gasteiger partial charge on any atom is -0.457 e. The van der Waals surface area contributed by atoms with Crippen molar-refractivity contribution in [2.75, 3.05) is 5.32 Å². The van der Waals surface area contributed by atoms with E-state index in [0.29, 0.717) is 24.2 Å². The number of rotatable bonds is 6. The van der Waals surface area contributed by atoms with Crippen molar-refractivity contribution < 1.29 is 13.2 Å². The highest BCUT2D eigenvalue weighted by Gasteiger charge is 2.14. The van der Waals surface area contributed by atoms with Crippen molar-refractivity contribution in [2.45, 2.75) is 33.2 Å². The molecule has 1 N–H and O–H groups in total. The Bertz CT molecular complexity index is 1190. The smallest absolute Gasteiger partial charge is 0.335 e. The van der Waals surface area contributed by atoms with Crippen molar-refractivity contribution in [3.63, 3.8) is 0 Å². The van der Waals surface area contributed by atoms with Crippen molar-refractivity contribution in [2.24, 2.45) is 0 Å². The van der Waals surface area contributed by atoms with Gasteiger partial charge < -0.3 is 10.1 Å². The molecule has 9 heteroatoms. The molecular weight excluding hydrogens is 414 g/mol. The maximum atomic E-state index is 8.29. The molecule has 0 atom stereocenters. The van der Waals surface area contributed by atoms with Gasteiger partial charge in [-0.25, -0.2) is 4.98 Å². The van der Waals surface area contributed by atoms with E-state index in [0.717, 1.165) is 28.3 Å². The van der Waals surface area contributed by atoms with Crippen LogP contribution in [0, 0.1) is 6.92 Å². The predicted octanol–water partition coefficient (Wildman–Crippen LogP) is 4.29. The van der Waals surface area contributed by atoms with Gasteiger partial charge in [0.05, 0.1) is 6.20 Å². The molecule has 160 valence electrons. The molecule has 0 bridgehead atoms. The largest absolute Gasteiger partial charge is 0.457 e. The average molecular weight is 438 g/mol. The molecule has 0 saturated carbocycles. The molecule has 8 nitrogen and oxygen atoms in total. The Labute approximate surface area is 183 Å². The third-order valence-corrected chi connectivity index (χ3v) is 4.51. The molecule has 0 fully saturated rings. The molecule has 0 aliphatic rings. The van der Waals surface area contributed by atoms with E-state index in [4.69, 9.17) is 13.2 Å². The van der Waals surface area contributed by atoms with Crippen LogP contribution in [-0.4, -0.2) is 28.0 Å². The van der Waals surface area contributed by atoms with Gasteiger partial charge in [0.15, 0.2) is 5.65 Å². The first kappa shape index (κ1) is 22.1. The summed E-state index contributed by atoms with van der Waals surface area (Å²) in [7, 11) is 0. The molecule has 0 aliphatic carbocycles. The van der Waals surface area contributed by atoms with E-state index in [-0.39, 0.29) is 0 Å². The van der Waals surface area contributed by atoms with Crippen LogP contribution >= 0.6 is 0 Å². The molecular formula is C22H23N5O3S. The first-order valence-electron chi connectivity index (χ1n) is 9.72. The second-order valence-electron chi connectivity index (χ2n) is 7.03. The molecule has 2 heterocycles. The van der Waals surface area contributed by atoms with Gasteiger partial charge in [0.2, 0.25) is 5.95 Å². The number of hydrogen-bond donors (Lipinski definition) is 1. The number of hydrogen-bond acceptors (Lipinski definition) is 7. The highest BCUT2D eigenvalue weighted by atomic mass is 32.1. The molecule has 0 unspecified atom stereocenters. The second kappa shape index (κ2) is 10.4. The van der Waals surface area contributed by atoms with Gasteiger partial charge in [-0.1, -0.05) is 50.2 Å². The van der Waals surface area contributed by atoms with Gasteiger partial charge in [0.25, 0.3) is 0 Å². The van der Waals surface area contributed by atoms with Gasteiger partial charge in [0.1, 0.15) is 17.3 Å². The normalized spacial score (nSPS) is 10.5. The van der Waals surface area contributed by atoms with Gasteiger partial charge in [0, 0.05) is 17.7 Å². The summed E-state index contributed by atoms with van der Waals surface area (Å²) < 4.78 is 24.4. The van der Waals surface area contributed by atoms with Gasteiger partial charge in [-0.05, 0) is 31.0 Å². The fourth-order valence-corrected chi connectivity index (χ4v) is 3.06. The molecule has 0 amide bonds. The number of benzene rings is 2. The number of ether oxygens (including phenoxy) is 1. The van der Waals surface area contributed by atoms with Gasteiger partial charge in [-0.15, -0.1) is 0 Å². The Morgan fingerprint density at radius 2 is 1.71 bits per heavy atom. The lowest BCUT2D eigenvalue weighted by Gasteiger charge is -2.13. The lowest BCUT2D eigenvalue weighted by Crippen LogP contribution is -2.10. The number of nitrogens with one attached hydrogen (secondary N) is 1. The van der Waals surface area contributed by atoms with E-state index in [1.165, 1.54) is 0 Å². The maximum absolute atomic E-state index is 8.29. The molecule has 0 spiro atoms. The van der Waals surface area contributed by atoms with Crippen molar-refractivity contribution in [3.8, 4) is 11.5 Å². The summed E-state index contributed by atoms with van der Waals surface area (Å²) in [6, 6.07) is 17.8. The Kier molecular flexibility index (Phi) is 7.45. The molecule has 4 aromatic rings. The van der Waals surface area contributed by atoms with E-state index in [1.54, 1.807) is 4.52 Å². The van der Waals surface area contributed by atoms with E-state index >= 15 is 0 Å². The highest BCUT2D eigenvalue weighted by Crippen LogP contribution is 2.26. The van der Waals surface area contributed by atoms with Crippen LogP contribution in [0.5, 0.6) is 11.5 Å². The van der Waals surface area contributed by atoms with E-state index in [1.807, 2.05) is 67.7 Å². The number of para-hydroxylation sites is 2. The van der Waals surface area contributed by atoms with Crippen LogP contribution in [-0.2, 0) is 18.1 Å². The standard InChI is InChI=1S/C22H23N5O.O2S/c1-15(2)19-14-24-27-21(19)25-16(3)26-22(27)23-13-17-9-7-8-12-20(17)28-18-10-5-4-6-11-18;1-3-2/h4-12,14-15H,13H2,1-3H3,(H,23,25,26);. The van der Waals surface area contributed by atoms with Crippen molar-refractivity contribution in [1.29, 1.82) is 0 Å². The second-order valence-corrected chi connectivity index (χ2v) is 7.16. The summed E-state index contributed by atoms with van der Waals surface area (Å²) in [4.78, 5) is 9.11. The minimum absolute atomic E-state index is 0.347. The van der Waals surface area contributed by atoms with Gasteiger partial charge in [-0.3, -0.25) is 0 Å². The van der Waals surface area contributed by atoms with Gasteiger partial charge in [-0.2, -0.15) is 23.0 Å². The maximum Gasteiger partial charge on any atom is 0.335 e. The molecule has 31 heavy (non-hydrogen) atoms. The fourth-order valence-electron chi connectivity index (χ4n) is 3.06. The van der Waals surface area contributed by atoms with E-state index in [9.17, 15) is 0 Å². The minimum atomic E-state index is -0.750. The molecule has 2 aromatic heterocycles. The SMILES string of the molecule is Cc1nc(NCc2ccccc2Oc2ccccc2)n2ncc(C(C)C)c2n1.O=S=O. The van der Waals surface area contributed by atoms with Crippen molar-refractivity contribution in [1.82, 2.24) is 19.6 Å². The summed E-state index contributed by atoms with van der Waals surface area (Å²) in [5.74, 6) is 3.35. The van der Waals surface area contributed by atoms with Crippen molar-refractivity contribution >= 4 is 23.2 Å². The van der Waals surface area contributed by atoms with Crippen LogP contribution in [0.4, 0.5) is 5.95 Å². The summed E-state index contributed by atoms with van der Waals surface area (Å²) >= 11 is -0.750. The zero-order valence-corrected chi connectivity index (χ0v) is 18.3. The van der Waals surface area contributed by atoms with Crippen LogP contribution in [0.25, 0.3) is 5.65 Å².